The molecule has 9 aromatic carbocycles. The fraction of sp³-hybridized carbons (Fsp3) is 0.0370. The molecule has 0 spiro atoms. The summed E-state index contributed by atoms with van der Waals surface area (Å²) in [5, 5.41) is 7.54. The maximum atomic E-state index is 7.09. The zero-order valence-corrected chi connectivity index (χ0v) is 30.9. The summed E-state index contributed by atoms with van der Waals surface area (Å²) in [7, 11) is 0. The van der Waals surface area contributed by atoms with Crippen LogP contribution in [-0.4, -0.2) is 6.71 Å². The van der Waals surface area contributed by atoms with Crippen LogP contribution in [-0.2, 0) is 0 Å². The molecule has 0 radical (unpaired) electrons. The van der Waals surface area contributed by atoms with Crippen molar-refractivity contribution in [1.82, 2.24) is 0 Å². The predicted molar refractivity (Wildman–Crippen MR) is 237 cm³/mol. The fourth-order valence-corrected chi connectivity index (χ4v) is 10.5. The Kier molecular flexibility index (Phi) is 6.40. The number of allylic oxidation sites excluding steroid dienone is 4. The van der Waals surface area contributed by atoms with Gasteiger partial charge in [0.2, 0.25) is 0 Å². The zero-order chi connectivity index (χ0) is 37.2. The van der Waals surface area contributed by atoms with Gasteiger partial charge in [-0.05, 0) is 107 Å². The molecule has 57 heavy (non-hydrogen) atoms. The highest BCUT2D eigenvalue weighted by atomic mass is 16.5. The van der Waals surface area contributed by atoms with Crippen LogP contribution in [0.4, 0.5) is 0 Å². The minimum Gasteiger partial charge on any atom is -0.458 e. The molecular weight excluding hydrogens is 691 g/mol. The summed E-state index contributed by atoms with van der Waals surface area (Å²) in [6.45, 7) is -0.0471. The van der Waals surface area contributed by atoms with Crippen LogP contribution in [0.1, 0.15) is 23.0 Å². The number of hydrogen-bond donors (Lipinski definition) is 0. The van der Waals surface area contributed by atoms with Gasteiger partial charge in [0.1, 0.15) is 23.0 Å². The van der Waals surface area contributed by atoms with E-state index < -0.39 is 0 Å². The van der Waals surface area contributed by atoms with Crippen LogP contribution in [0, 0.1) is 0 Å². The first-order valence-electron chi connectivity index (χ1n) is 20.0. The second-order valence-electron chi connectivity index (χ2n) is 15.8. The molecule has 2 nitrogen and oxygen atoms in total. The Morgan fingerprint density at radius 3 is 1.53 bits per heavy atom. The fourth-order valence-electron chi connectivity index (χ4n) is 10.5. The predicted octanol–water partition coefficient (Wildman–Crippen LogP) is 12.2. The Morgan fingerprint density at radius 2 is 0.860 bits per heavy atom. The van der Waals surface area contributed by atoms with E-state index in [4.69, 9.17) is 9.47 Å². The van der Waals surface area contributed by atoms with E-state index in [2.05, 4.69) is 188 Å². The van der Waals surface area contributed by atoms with Gasteiger partial charge in [-0.2, -0.15) is 0 Å². The van der Waals surface area contributed by atoms with E-state index in [1.807, 2.05) is 0 Å². The lowest BCUT2D eigenvalue weighted by Crippen LogP contribution is -2.57. The molecule has 0 aromatic heterocycles. The lowest BCUT2D eigenvalue weighted by atomic mass is 9.34. The topological polar surface area (TPSA) is 18.5 Å². The van der Waals surface area contributed by atoms with Gasteiger partial charge in [-0.1, -0.05) is 158 Å². The Labute approximate surface area is 331 Å². The summed E-state index contributed by atoms with van der Waals surface area (Å²) >= 11 is 0. The number of ether oxygens (including phenoxy) is 2. The van der Waals surface area contributed by atoms with Gasteiger partial charge < -0.3 is 9.47 Å². The van der Waals surface area contributed by atoms with Gasteiger partial charge in [-0.3, -0.25) is 0 Å². The Hall–Kier alpha value is -7.10. The monoisotopic (exact) mass is 724 g/mol. The van der Waals surface area contributed by atoms with Crippen LogP contribution in [0.25, 0.3) is 65.7 Å². The van der Waals surface area contributed by atoms with Crippen molar-refractivity contribution >= 4 is 55.4 Å². The van der Waals surface area contributed by atoms with Crippen LogP contribution in [0.2, 0.25) is 0 Å². The molecule has 2 unspecified atom stereocenters. The molecule has 0 fully saturated rings. The van der Waals surface area contributed by atoms with Crippen molar-refractivity contribution in [2.24, 2.45) is 0 Å². The minimum atomic E-state index is -0.0471. The SMILES string of the molecule is C1=CC2c3ccccc3-c3ccc(-c4cc(-c5ccc6c7ccccc7c7ccccc7c6c5)c5c6c4Oc4ccccc4B6c4ccccc4O5)cc3C2C=C1. The van der Waals surface area contributed by atoms with Gasteiger partial charge in [0.25, 0.3) is 6.71 Å². The normalized spacial score (nSPS) is 16.5. The average molecular weight is 725 g/mol. The van der Waals surface area contributed by atoms with Crippen molar-refractivity contribution in [2.75, 3.05) is 0 Å². The summed E-state index contributed by atoms with van der Waals surface area (Å²) in [6.07, 6.45) is 9.15. The number of benzene rings is 9. The first-order chi connectivity index (χ1) is 28.3. The van der Waals surface area contributed by atoms with Crippen LogP contribution < -0.4 is 25.9 Å². The first kappa shape index (κ1) is 31.1. The van der Waals surface area contributed by atoms with Crippen LogP contribution >= 0.6 is 0 Å². The van der Waals surface area contributed by atoms with E-state index >= 15 is 0 Å². The van der Waals surface area contributed by atoms with Crippen molar-refractivity contribution in [1.29, 1.82) is 0 Å². The molecule has 0 N–H and O–H groups in total. The highest BCUT2D eigenvalue weighted by Gasteiger charge is 2.43. The molecular formula is C54H33BO2. The molecule has 2 atom stereocenters. The smallest absolute Gasteiger partial charge is 0.260 e. The molecule has 3 heteroatoms. The molecule has 4 aliphatic rings. The van der Waals surface area contributed by atoms with Gasteiger partial charge in [0.15, 0.2) is 0 Å². The van der Waals surface area contributed by atoms with E-state index in [0.717, 1.165) is 61.6 Å². The number of rotatable bonds is 2. The van der Waals surface area contributed by atoms with Crippen LogP contribution in [0.15, 0.2) is 188 Å². The molecule has 0 saturated heterocycles. The standard InChI is InChI=1S/C54H33BO2/c1-3-17-38-34(13-1)36-15-5-7-19-40(36)46-29-32(25-27-42(38)46)44-31-45(33-26-28-43-39-18-4-2-14-35(39)37-16-6-8-20-41(37)47(43)30-33)54-52-53(44)56-50-23-11-9-21-48(50)55(52)49-22-10-12-24-51(49)57-54/h1-31,36,40H. The quantitative estimate of drug-likeness (QED) is 0.131. The third-order valence-electron chi connectivity index (χ3n) is 13.0. The lowest BCUT2D eigenvalue weighted by Gasteiger charge is -2.36. The third-order valence-corrected chi connectivity index (χ3v) is 13.0. The number of fused-ring (bicyclic) bond motifs is 16. The van der Waals surface area contributed by atoms with Gasteiger partial charge in [0.05, 0.1) is 0 Å². The van der Waals surface area contributed by atoms with Crippen molar-refractivity contribution in [3.05, 3.63) is 199 Å². The second kappa shape index (κ2) is 11.7. The summed E-state index contributed by atoms with van der Waals surface area (Å²) in [6, 6.07) is 59.9. The molecule has 0 bridgehead atoms. The van der Waals surface area contributed by atoms with Gasteiger partial charge in [-0.15, -0.1) is 0 Å². The van der Waals surface area contributed by atoms with E-state index in [-0.39, 0.29) is 12.6 Å². The molecule has 2 heterocycles. The van der Waals surface area contributed by atoms with Crippen molar-refractivity contribution in [2.45, 2.75) is 11.8 Å². The lowest BCUT2D eigenvalue weighted by molar-refractivity contribution is 0.467. The average Bonchev–Trinajstić information content (AvgIpc) is 3.29. The van der Waals surface area contributed by atoms with E-state index in [1.165, 1.54) is 54.6 Å². The summed E-state index contributed by atoms with van der Waals surface area (Å²) in [5.41, 5.74) is 13.2. The maximum Gasteiger partial charge on any atom is 0.260 e. The maximum absolute atomic E-state index is 7.09. The molecule has 2 aliphatic heterocycles. The summed E-state index contributed by atoms with van der Waals surface area (Å²) in [5.74, 6) is 4.07. The third kappa shape index (κ3) is 4.37. The highest BCUT2D eigenvalue weighted by molar-refractivity contribution is 6.98. The molecule has 13 rings (SSSR count). The van der Waals surface area contributed by atoms with Crippen molar-refractivity contribution < 1.29 is 9.47 Å². The Bertz CT molecular complexity index is 3230. The Morgan fingerprint density at radius 1 is 0.368 bits per heavy atom. The highest BCUT2D eigenvalue weighted by Crippen LogP contribution is 2.52. The molecule has 9 aromatic rings. The van der Waals surface area contributed by atoms with Crippen LogP contribution in [0.3, 0.4) is 0 Å². The summed E-state index contributed by atoms with van der Waals surface area (Å²) < 4.78 is 14.2. The largest absolute Gasteiger partial charge is 0.458 e. The first-order valence-corrected chi connectivity index (χ1v) is 20.0. The van der Waals surface area contributed by atoms with Crippen LogP contribution in [0.5, 0.6) is 23.0 Å². The van der Waals surface area contributed by atoms with Gasteiger partial charge in [-0.25, -0.2) is 0 Å². The van der Waals surface area contributed by atoms with Crippen molar-refractivity contribution in [3.63, 3.8) is 0 Å². The second-order valence-corrected chi connectivity index (χ2v) is 15.8. The van der Waals surface area contributed by atoms with E-state index in [9.17, 15) is 0 Å². The molecule has 0 amide bonds. The van der Waals surface area contributed by atoms with Gasteiger partial charge >= 0.3 is 0 Å². The Balaban J connectivity index is 1.11. The van der Waals surface area contributed by atoms with E-state index in [1.54, 1.807) is 0 Å². The van der Waals surface area contributed by atoms with E-state index in [0.29, 0.717) is 5.92 Å². The molecule has 0 saturated carbocycles. The molecule has 2 aliphatic carbocycles. The number of para-hydroxylation sites is 2. The number of hydrogen-bond acceptors (Lipinski definition) is 2. The van der Waals surface area contributed by atoms with Gasteiger partial charge in [0, 0.05) is 28.4 Å². The summed E-state index contributed by atoms with van der Waals surface area (Å²) in [4.78, 5) is 0. The van der Waals surface area contributed by atoms with Crippen molar-refractivity contribution in [3.8, 4) is 56.4 Å². The zero-order valence-electron chi connectivity index (χ0n) is 30.9. The molecule has 264 valence electrons. The minimum absolute atomic E-state index is 0.0471.